The van der Waals surface area contributed by atoms with Crippen LogP contribution in [0.25, 0.3) is 6.08 Å². The number of amides is 3. The molecule has 3 amide bonds. The van der Waals surface area contributed by atoms with Crippen molar-refractivity contribution in [3.05, 3.63) is 117 Å². The minimum atomic E-state index is -0.461. The van der Waals surface area contributed by atoms with Crippen molar-refractivity contribution in [2.24, 2.45) is 0 Å². The quantitative estimate of drug-likeness (QED) is 0.154. The second-order valence-electron chi connectivity index (χ2n) is 8.22. The zero-order chi connectivity index (χ0) is 26.9. The Kier molecular flexibility index (Phi) is 9.37. The Labute approximate surface area is 234 Å². The number of aryl methyl sites for hydroxylation is 1. The first-order valence-corrected chi connectivity index (χ1v) is 13.9. The molecule has 0 aliphatic rings. The van der Waals surface area contributed by atoms with Gasteiger partial charge >= 0.3 is 0 Å². The molecule has 0 fully saturated rings. The van der Waals surface area contributed by atoms with Crippen LogP contribution >= 0.6 is 34.7 Å². The van der Waals surface area contributed by atoms with E-state index in [-0.39, 0.29) is 23.3 Å². The summed E-state index contributed by atoms with van der Waals surface area (Å²) in [6, 6.07) is 23.1. The van der Waals surface area contributed by atoms with Gasteiger partial charge in [0.1, 0.15) is 5.70 Å². The normalized spacial score (nSPS) is 11.1. The maximum absolute atomic E-state index is 13.2. The second-order valence-corrected chi connectivity index (χ2v) is 10.5. The number of carbonyl (C=O) groups excluding carboxylic acids is 3. The number of anilines is 2. The van der Waals surface area contributed by atoms with Gasteiger partial charge in [0.15, 0.2) is 0 Å². The summed E-state index contributed by atoms with van der Waals surface area (Å²) >= 11 is 8.96. The van der Waals surface area contributed by atoms with Gasteiger partial charge in [-0.05, 0) is 83.4 Å². The number of nitrogens with one attached hydrogen (secondary N) is 3. The summed E-state index contributed by atoms with van der Waals surface area (Å²) < 4.78 is 0. The van der Waals surface area contributed by atoms with Crippen LogP contribution in [-0.2, 0) is 9.59 Å². The van der Waals surface area contributed by atoms with E-state index in [0.717, 1.165) is 16.0 Å². The average molecular weight is 562 g/mol. The fraction of sp³-hybridized carbons (Fsp3) is 0.0690. The second kappa shape index (κ2) is 13.1. The van der Waals surface area contributed by atoms with E-state index < -0.39 is 5.91 Å². The number of thioether (sulfide) groups is 1. The smallest absolute Gasteiger partial charge is 0.272 e. The molecule has 4 aromatic rings. The highest BCUT2D eigenvalue weighted by Crippen LogP contribution is 2.24. The summed E-state index contributed by atoms with van der Waals surface area (Å²) in [4.78, 5) is 39.1. The van der Waals surface area contributed by atoms with Gasteiger partial charge in [0.05, 0.1) is 5.75 Å². The van der Waals surface area contributed by atoms with E-state index in [2.05, 4.69) is 16.0 Å². The number of thiophene rings is 1. The van der Waals surface area contributed by atoms with Crippen molar-refractivity contribution in [2.75, 3.05) is 16.4 Å². The highest BCUT2D eigenvalue weighted by atomic mass is 35.5. The van der Waals surface area contributed by atoms with E-state index in [4.69, 9.17) is 11.6 Å². The molecule has 0 saturated heterocycles. The number of hydrogen-bond acceptors (Lipinski definition) is 5. The number of benzene rings is 3. The molecular weight excluding hydrogens is 538 g/mol. The summed E-state index contributed by atoms with van der Waals surface area (Å²) in [5, 5.41) is 12.8. The van der Waals surface area contributed by atoms with Crippen LogP contribution in [-0.4, -0.2) is 23.5 Å². The SMILES string of the molecule is Cc1ccc(NC(=O)CSc2cccc(NC(=O)/C(=C/c3ccsc3)NC(=O)c3ccccc3)c2)cc1Cl. The predicted octanol–water partition coefficient (Wildman–Crippen LogP) is 6.85. The molecule has 0 unspecified atom stereocenters. The van der Waals surface area contributed by atoms with Crippen LogP contribution in [0.15, 0.2) is 100 Å². The Morgan fingerprint density at radius 2 is 1.71 bits per heavy atom. The van der Waals surface area contributed by atoms with E-state index in [9.17, 15) is 14.4 Å². The van der Waals surface area contributed by atoms with Crippen molar-refractivity contribution in [1.82, 2.24) is 5.32 Å². The van der Waals surface area contributed by atoms with Gasteiger partial charge in [0.2, 0.25) is 5.91 Å². The molecule has 6 nitrogen and oxygen atoms in total. The maximum atomic E-state index is 13.2. The van der Waals surface area contributed by atoms with Crippen molar-refractivity contribution in [1.29, 1.82) is 0 Å². The molecule has 1 aromatic heterocycles. The Hall–Kier alpha value is -3.85. The van der Waals surface area contributed by atoms with Crippen molar-refractivity contribution in [3.63, 3.8) is 0 Å². The molecule has 0 bridgehead atoms. The number of carbonyl (C=O) groups is 3. The Balaban J connectivity index is 1.40. The molecule has 0 aliphatic heterocycles. The van der Waals surface area contributed by atoms with Gasteiger partial charge in [-0.25, -0.2) is 0 Å². The first-order valence-electron chi connectivity index (χ1n) is 11.6. The molecule has 0 atom stereocenters. The predicted molar refractivity (Wildman–Crippen MR) is 157 cm³/mol. The van der Waals surface area contributed by atoms with Gasteiger partial charge in [-0.3, -0.25) is 14.4 Å². The average Bonchev–Trinajstić information content (AvgIpc) is 3.43. The monoisotopic (exact) mass is 561 g/mol. The highest BCUT2D eigenvalue weighted by Gasteiger charge is 2.15. The number of hydrogen-bond donors (Lipinski definition) is 3. The lowest BCUT2D eigenvalue weighted by molar-refractivity contribution is -0.114. The van der Waals surface area contributed by atoms with Gasteiger partial charge in [-0.15, -0.1) is 11.8 Å². The van der Waals surface area contributed by atoms with E-state index in [1.54, 1.807) is 60.7 Å². The molecule has 0 saturated carbocycles. The Morgan fingerprint density at radius 3 is 2.45 bits per heavy atom. The van der Waals surface area contributed by atoms with Crippen molar-refractivity contribution >= 4 is 69.9 Å². The molecule has 9 heteroatoms. The summed E-state index contributed by atoms with van der Waals surface area (Å²) in [5.41, 5.74) is 3.47. The molecule has 38 heavy (non-hydrogen) atoms. The van der Waals surface area contributed by atoms with E-state index in [1.165, 1.54) is 23.1 Å². The van der Waals surface area contributed by atoms with Gasteiger partial charge in [-0.1, -0.05) is 41.9 Å². The van der Waals surface area contributed by atoms with E-state index in [1.807, 2.05) is 41.9 Å². The Morgan fingerprint density at radius 1 is 0.921 bits per heavy atom. The molecule has 3 aromatic carbocycles. The molecule has 192 valence electrons. The maximum Gasteiger partial charge on any atom is 0.272 e. The fourth-order valence-corrected chi connectivity index (χ4v) is 4.90. The van der Waals surface area contributed by atoms with Crippen LogP contribution in [0.1, 0.15) is 21.5 Å². The summed E-state index contributed by atoms with van der Waals surface area (Å²) in [7, 11) is 0. The molecule has 0 spiro atoms. The third-order valence-corrected chi connectivity index (χ3v) is 7.40. The lowest BCUT2D eigenvalue weighted by atomic mass is 10.2. The van der Waals surface area contributed by atoms with Gasteiger partial charge in [0.25, 0.3) is 11.8 Å². The van der Waals surface area contributed by atoms with Crippen molar-refractivity contribution in [2.45, 2.75) is 11.8 Å². The molecule has 4 rings (SSSR count). The van der Waals surface area contributed by atoms with Crippen LogP contribution in [0.3, 0.4) is 0 Å². The minimum absolute atomic E-state index is 0.117. The van der Waals surface area contributed by atoms with Crippen LogP contribution in [0, 0.1) is 6.92 Å². The Bertz CT molecular complexity index is 1470. The topological polar surface area (TPSA) is 87.3 Å². The van der Waals surface area contributed by atoms with Crippen LogP contribution in [0.4, 0.5) is 11.4 Å². The largest absolute Gasteiger partial charge is 0.325 e. The summed E-state index contributed by atoms with van der Waals surface area (Å²) in [6.07, 6.45) is 1.63. The lowest BCUT2D eigenvalue weighted by Crippen LogP contribution is -2.30. The molecule has 1 heterocycles. The first kappa shape index (κ1) is 27.2. The van der Waals surface area contributed by atoms with Crippen LogP contribution < -0.4 is 16.0 Å². The minimum Gasteiger partial charge on any atom is -0.325 e. The zero-order valence-electron chi connectivity index (χ0n) is 20.4. The first-order chi connectivity index (χ1) is 18.4. The standard InChI is InChI=1S/C29H24ClN3O3S2/c1-19-10-11-23(16-25(19)30)31-27(34)18-38-24-9-5-8-22(15-24)32-29(36)26(14-20-12-13-37-17-20)33-28(35)21-6-3-2-4-7-21/h2-17H,18H2,1H3,(H,31,34)(H,32,36)(H,33,35)/b26-14-. The fourth-order valence-electron chi connectivity index (χ4n) is 3.34. The third kappa shape index (κ3) is 7.82. The molecule has 3 N–H and O–H groups in total. The van der Waals surface area contributed by atoms with Gasteiger partial charge in [-0.2, -0.15) is 11.3 Å². The zero-order valence-corrected chi connectivity index (χ0v) is 22.8. The number of rotatable bonds is 9. The third-order valence-electron chi connectivity index (χ3n) is 5.30. The molecule has 0 aliphatic carbocycles. The van der Waals surface area contributed by atoms with Gasteiger partial charge in [0, 0.05) is 26.9 Å². The lowest BCUT2D eigenvalue weighted by Gasteiger charge is -2.12. The van der Waals surface area contributed by atoms with Crippen molar-refractivity contribution in [3.8, 4) is 0 Å². The summed E-state index contributed by atoms with van der Waals surface area (Å²) in [6.45, 7) is 1.90. The van der Waals surface area contributed by atoms with Crippen LogP contribution in [0.5, 0.6) is 0 Å². The van der Waals surface area contributed by atoms with Crippen LogP contribution in [0.2, 0.25) is 5.02 Å². The van der Waals surface area contributed by atoms with E-state index >= 15 is 0 Å². The number of halogens is 1. The van der Waals surface area contributed by atoms with Gasteiger partial charge < -0.3 is 16.0 Å². The molecule has 0 radical (unpaired) electrons. The molecular formula is C29H24ClN3O3S2. The summed E-state index contributed by atoms with van der Waals surface area (Å²) in [5.74, 6) is -0.836. The highest BCUT2D eigenvalue weighted by molar-refractivity contribution is 8.00. The van der Waals surface area contributed by atoms with Crippen molar-refractivity contribution < 1.29 is 14.4 Å². The van der Waals surface area contributed by atoms with E-state index in [0.29, 0.717) is 22.0 Å².